The second-order valence-electron chi connectivity index (χ2n) is 13.1. The van der Waals surface area contributed by atoms with E-state index in [1.54, 1.807) is 63.8 Å². The number of nitrogens with one attached hydrogen (secondary N) is 1. The van der Waals surface area contributed by atoms with Gasteiger partial charge in [0.15, 0.2) is 5.60 Å². The fraction of sp³-hybridized carbons (Fsp3) is 0.677. The number of carbonyl (C=O) groups excluding carboxylic acids is 4. The third kappa shape index (κ3) is 8.67. The second-order valence-corrected chi connectivity index (χ2v) is 13.1. The number of para-hydroxylation sites is 1. The van der Waals surface area contributed by atoms with Crippen LogP contribution in [0, 0.1) is 5.92 Å². The van der Waals surface area contributed by atoms with E-state index in [0.29, 0.717) is 32.5 Å². The number of esters is 1. The van der Waals surface area contributed by atoms with Crippen molar-refractivity contribution < 1.29 is 28.7 Å². The maximum atomic E-state index is 13.9. The Morgan fingerprint density at radius 1 is 0.976 bits per heavy atom. The number of piperazine rings is 1. The molecule has 3 amide bonds. The predicted octanol–water partition coefficient (Wildman–Crippen LogP) is 3.10. The fourth-order valence-corrected chi connectivity index (χ4v) is 5.11. The smallest absolute Gasteiger partial charge is 0.350 e. The van der Waals surface area contributed by atoms with Gasteiger partial charge >= 0.3 is 5.97 Å². The first-order valence-electron chi connectivity index (χ1n) is 14.7. The van der Waals surface area contributed by atoms with E-state index in [1.807, 2.05) is 25.8 Å². The summed E-state index contributed by atoms with van der Waals surface area (Å²) in [6.07, 6.45) is 1.78. The van der Waals surface area contributed by atoms with Crippen molar-refractivity contribution in [1.82, 2.24) is 20.0 Å². The van der Waals surface area contributed by atoms with Crippen molar-refractivity contribution in [3.63, 3.8) is 0 Å². The number of hydrogen-bond donors (Lipinski definition) is 1. The Morgan fingerprint density at radius 2 is 1.61 bits per heavy atom. The van der Waals surface area contributed by atoms with Gasteiger partial charge in [0.1, 0.15) is 23.4 Å². The highest BCUT2D eigenvalue weighted by Gasteiger charge is 2.40. The fourth-order valence-electron chi connectivity index (χ4n) is 5.11. The summed E-state index contributed by atoms with van der Waals surface area (Å²) in [5.74, 6) is -0.970. The SMILES string of the molecule is CC(C)C[C@@H](NC(=O)c1ccccc1OC(C)(C)C(=O)OC(C)(C)C)C(=O)N1CCC[C@@H]1C(=O)N1CCN(C)CC1. The first-order valence-corrected chi connectivity index (χ1v) is 14.7. The van der Waals surface area contributed by atoms with Gasteiger partial charge in [-0.05, 0) is 79.0 Å². The van der Waals surface area contributed by atoms with Gasteiger partial charge < -0.3 is 29.5 Å². The summed E-state index contributed by atoms with van der Waals surface area (Å²) in [5, 5.41) is 2.92. The summed E-state index contributed by atoms with van der Waals surface area (Å²) < 4.78 is 11.5. The van der Waals surface area contributed by atoms with Gasteiger partial charge in [-0.25, -0.2) is 4.79 Å². The molecule has 10 nitrogen and oxygen atoms in total. The van der Waals surface area contributed by atoms with Crippen molar-refractivity contribution in [1.29, 1.82) is 0 Å². The molecule has 1 aromatic rings. The summed E-state index contributed by atoms with van der Waals surface area (Å²) in [4.78, 5) is 59.4. The minimum atomic E-state index is -1.36. The van der Waals surface area contributed by atoms with Gasteiger partial charge in [0.25, 0.3) is 5.91 Å². The molecule has 0 aromatic heterocycles. The summed E-state index contributed by atoms with van der Waals surface area (Å²) in [6.45, 7) is 15.9. The van der Waals surface area contributed by atoms with E-state index in [4.69, 9.17) is 9.47 Å². The lowest BCUT2D eigenvalue weighted by Crippen LogP contribution is -2.56. The third-order valence-electron chi connectivity index (χ3n) is 7.33. The van der Waals surface area contributed by atoms with Gasteiger partial charge in [0, 0.05) is 32.7 Å². The van der Waals surface area contributed by atoms with Crippen molar-refractivity contribution in [3.05, 3.63) is 29.8 Å². The zero-order valence-corrected chi connectivity index (χ0v) is 26.0. The highest BCUT2D eigenvalue weighted by atomic mass is 16.6. The van der Waals surface area contributed by atoms with Gasteiger partial charge in [-0.1, -0.05) is 26.0 Å². The van der Waals surface area contributed by atoms with Crippen molar-refractivity contribution in [2.75, 3.05) is 39.8 Å². The predicted molar refractivity (Wildman–Crippen MR) is 157 cm³/mol. The van der Waals surface area contributed by atoms with Gasteiger partial charge in [-0.3, -0.25) is 14.4 Å². The largest absolute Gasteiger partial charge is 0.475 e. The number of amides is 3. The number of rotatable bonds is 9. The molecule has 2 aliphatic heterocycles. The lowest BCUT2D eigenvalue weighted by atomic mass is 10.0. The average molecular weight is 573 g/mol. The topological polar surface area (TPSA) is 108 Å². The summed E-state index contributed by atoms with van der Waals surface area (Å²) >= 11 is 0. The van der Waals surface area contributed by atoms with E-state index in [0.717, 1.165) is 19.5 Å². The van der Waals surface area contributed by atoms with Crippen LogP contribution < -0.4 is 10.1 Å². The molecule has 0 saturated carbocycles. The molecule has 3 rings (SSSR count). The van der Waals surface area contributed by atoms with Crippen molar-refractivity contribution in [2.45, 2.75) is 91.0 Å². The van der Waals surface area contributed by atoms with Gasteiger partial charge in [0.05, 0.1) is 5.56 Å². The number of likely N-dealkylation sites (tertiary alicyclic amines) is 1. The molecule has 1 aromatic carbocycles. The molecule has 2 saturated heterocycles. The number of likely N-dealkylation sites (N-methyl/N-ethyl adjacent to an activating group) is 1. The molecule has 0 aliphatic carbocycles. The molecule has 0 unspecified atom stereocenters. The van der Waals surface area contributed by atoms with Crippen LogP contribution in [0.1, 0.15) is 78.1 Å². The lowest BCUT2D eigenvalue weighted by molar-refractivity contribution is -0.171. The zero-order chi connectivity index (χ0) is 30.5. The summed E-state index contributed by atoms with van der Waals surface area (Å²) in [5.41, 5.74) is -1.85. The number of carbonyl (C=O) groups is 4. The molecule has 228 valence electrons. The third-order valence-corrected chi connectivity index (χ3v) is 7.33. The molecule has 0 radical (unpaired) electrons. The van der Waals surface area contributed by atoms with E-state index in [-0.39, 0.29) is 29.0 Å². The molecule has 1 N–H and O–H groups in total. The van der Waals surface area contributed by atoms with Crippen LogP contribution in [-0.4, -0.2) is 101 Å². The van der Waals surface area contributed by atoms with E-state index < -0.39 is 35.2 Å². The zero-order valence-electron chi connectivity index (χ0n) is 26.0. The Kier molecular flexibility index (Phi) is 10.4. The minimum absolute atomic E-state index is 0.0123. The van der Waals surface area contributed by atoms with Crippen LogP contribution in [-0.2, 0) is 19.1 Å². The van der Waals surface area contributed by atoms with Crippen LogP contribution >= 0.6 is 0 Å². The van der Waals surface area contributed by atoms with Gasteiger partial charge in [0.2, 0.25) is 11.8 Å². The Morgan fingerprint density at radius 3 is 2.22 bits per heavy atom. The monoisotopic (exact) mass is 572 g/mol. The molecular weight excluding hydrogens is 524 g/mol. The first-order chi connectivity index (χ1) is 19.1. The minimum Gasteiger partial charge on any atom is -0.475 e. The number of benzene rings is 1. The molecule has 41 heavy (non-hydrogen) atoms. The molecule has 10 heteroatoms. The first kappa shape index (κ1) is 32.4. The average Bonchev–Trinajstić information content (AvgIpc) is 3.36. The number of nitrogens with zero attached hydrogens (tertiary/aromatic N) is 3. The second kappa shape index (κ2) is 13.2. The summed E-state index contributed by atoms with van der Waals surface area (Å²) in [6, 6.07) is 5.31. The maximum Gasteiger partial charge on any atom is 0.350 e. The van der Waals surface area contributed by atoms with Crippen LogP contribution in [0.5, 0.6) is 5.75 Å². The van der Waals surface area contributed by atoms with E-state index in [9.17, 15) is 19.2 Å². The van der Waals surface area contributed by atoms with Crippen LogP contribution in [0.25, 0.3) is 0 Å². The molecule has 0 bridgehead atoms. The van der Waals surface area contributed by atoms with Crippen LogP contribution in [0.4, 0.5) is 0 Å². The normalized spacial score (nSPS) is 19.2. The Labute approximate surface area is 244 Å². The van der Waals surface area contributed by atoms with Gasteiger partial charge in [-0.15, -0.1) is 0 Å². The van der Waals surface area contributed by atoms with Crippen molar-refractivity contribution in [2.24, 2.45) is 5.92 Å². The molecular formula is C31H48N4O6. The molecule has 2 fully saturated rings. The lowest BCUT2D eigenvalue weighted by Gasteiger charge is -2.36. The molecule has 2 aliphatic rings. The Hall–Kier alpha value is -3.14. The van der Waals surface area contributed by atoms with Crippen LogP contribution in [0.3, 0.4) is 0 Å². The Bertz CT molecular complexity index is 1100. The van der Waals surface area contributed by atoms with E-state index >= 15 is 0 Å². The van der Waals surface area contributed by atoms with Crippen molar-refractivity contribution in [3.8, 4) is 5.75 Å². The summed E-state index contributed by atoms with van der Waals surface area (Å²) in [7, 11) is 2.04. The maximum absolute atomic E-state index is 13.9. The quantitative estimate of drug-likeness (QED) is 0.453. The molecule has 2 atom stereocenters. The standard InChI is InChI=1S/C31H48N4O6/c1-21(2)20-23(27(37)35-15-11-13-24(35)28(38)34-18-16-33(8)17-19-34)32-26(36)22-12-9-10-14-25(22)40-31(6,7)29(39)41-30(3,4)5/h9-10,12,14,21,23-24H,11,13,15-20H2,1-8H3,(H,32,36)/t23-,24-/m1/s1. The molecule has 2 heterocycles. The van der Waals surface area contributed by atoms with E-state index in [2.05, 4.69) is 10.2 Å². The van der Waals surface area contributed by atoms with Crippen LogP contribution in [0.2, 0.25) is 0 Å². The number of hydrogen-bond acceptors (Lipinski definition) is 7. The number of ether oxygens (including phenoxy) is 2. The Balaban J connectivity index is 1.77. The van der Waals surface area contributed by atoms with Gasteiger partial charge in [-0.2, -0.15) is 0 Å². The van der Waals surface area contributed by atoms with Crippen molar-refractivity contribution >= 4 is 23.7 Å². The highest BCUT2D eigenvalue weighted by Crippen LogP contribution is 2.27. The van der Waals surface area contributed by atoms with E-state index in [1.165, 1.54) is 0 Å². The molecule has 0 spiro atoms. The highest BCUT2D eigenvalue weighted by molar-refractivity contribution is 6.00. The van der Waals surface area contributed by atoms with Crippen LogP contribution in [0.15, 0.2) is 24.3 Å².